The predicted molar refractivity (Wildman–Crippen MR) is 98.8 cm³/mol. The zero-order chi connectivity index (χ0) is 15.6. The van der Waals surface area contributed by atoms with Crippen molar-refractivity contribution in [1.82, 2.24) is 20.2 Å². The number of ether oxygens (including phenoxy) is 1. The van der Waals surface area contributed by atoms with Crippen LogP contribution in [0.25, 0.3) is 0 Å². The monoisotopic (exact) mass is 382 g/mol. The van der Waals surface area contributed by atoms with Gasteiger partial charge in [-0.2, -0.15) is 0 Å². The number of amides is 1. The lowest BCUT2D eigenvalue weighted by Crippen LogP contribution is -2.31. The lowest BCUT2D eigenvalue weighted by Gasteiger charge is -2.18. The third kappa shape index (κ3) is 4.21. The summed E-state index contributed by atoms with van der Waals surface area (Å²) in [6, 6.07) is 7.24. The van der Waals surface area contributed by atoms with E-state index >= 15 is 0 Å². The van der Waals surface area contributed by atoms with Gasteiger partial charge in [-0.05, 0) is 30.0 Å². The number of hydrogen-bond acceptors (Lipinski definition) is 5. The van der Waals surface area contributed by atoms with Crippen molar-refractivity contribution in [3.63, 3.8) is 0 Å². The molecule has 2 saturated heterocycles. The fraction of sp³-hybridized carbons (Fsp3) is 0.353. The molecular formula is C17H20Cl2N4O2. The summed E-state index contributed by atoms with van der Waals surface area (Å²) in [5, 5.41) is 3.39. The Bertz CT molecular complexity index is 705. The molecule has 0 bridgehead atoms. The zero-order valence-corrected chi connectivity index (χ0v) is 15.1. The maximum Gasteiger partial charge on any atom is 0.254 e. The summed E-state index contributed by atoms with van der Waals surface area (Å²) in [5.74, 6) is 2.27. The number of hydrogen-bond donors (Lipinski definition) is 1. The first-order valence-corrected chi connectivity index (χ1v) is 7.83. The van der Waals surface area contributed by atoms with Crippen LogP contribution in [0.5, 0.6) is 11.6 Å². The number of rotatable bonds is 3. The summed E-state index contributed by atoms with van der Waals surface area (Å²) in [7, 11) is 0. The van der Waals surface area contributed by atoms with Crippen molar-refractivity contribution >= 4 is 30.7 Å². The quantitative estimate of drug-likeness (QED) is 0.882. The molecule has 1 aromatic heterocycles. The van der Waals surface area contributed by atoms with Crippen molar-refractivity contribution in [2.75, 3.05) is 26.2 Å². The van der Waals surface area contributed by atoms with E-state index in [2.05, 4.69) is 15.3 Å². The molecule has 8 heteroatoms. The summed E-state index contributed by atoms with van der Waals surface area (Å²) in [4.78, 5) is 22.7. The number of carbonyl (C=O) groups is 1. The summed E-state index contributed by atoms with van der Waals surface area (Å²) in [5.41, 5.74) is 0.652. The van der Waals surface area contributed by atoms with Crippen molar-refractivity contribution in [3.05, 3.63) is 48.4 Å². The van der Waals surface area contributed by atoms with Crippen LogP contribution in [-0.4, -0.2) is 47.0 Å². The number of likely N-dealkylation sites (tertiary alicyclic amines) is 1. The van der Waals surface area contributed by atoms with Gasteiger partial charge in [-0.3, -0.25) is 9.78 Å². The number of fused-ring (bicyclic) bond motifs is 1. The van der Waals surface area contributed by atoms with Gasteiger partial charge < -0.3 is 15.0 Å². The van der Waals surface area contributed by atoms with E-state index in [4.69, 9.17) is 4.74 Å². The summed E-state index contributed by atoms with van der Waals surface area (Å²) < 4.78 is 5.65. The van der Waals surface area contributed by atoms with Gasteiger partial charge in [-0.15, -0.1) is 24.8 Å². The Hall–Kier alpha value is -1.89. The molecule has 4 rings (SSSR count). The van der Waals surface area contributed by atoms with Gasteiger partial charge >= 0.3 is 0 Å². The third-order valence-electron chi connectivity index (χ3n) is 4.52. The normalized spacial score (nSPS) is 21.0. The second-order valence-corrected chi connectivity index (χ2v) is 6.06. The molecule has 6 nitrogen and oxygen atoms in total. The van der Waals surface area contributed by atoms with Crippen LogP contribution in [0.4, 0.5) is 0 Å². The standard InChI is InChI=1S/C17H18N4O2.2ClH/c22-17(21-10-13-7-19-8-14(13)11-21)12-2-1-3-15(6-12)23-16-9-18-4-5-20-16;;/h1-6,9,13-14,19H,7-8,10-11H2;2*1H/t13-,14+;;. The van der Waals surface area contributed by atoms with E-state index in [1.165, 1.54) is 0 Å². The number of carbonyl (C=O) groups excluding carboxylic acids is 1. The molecule has 2 fully saturated rings. The molecule has 134 valence electrons. The van der Waals surface area contributed by atoms with Crippen molar-refractivity contribution in [2.24, 2.45) is 11.8 Å². The fourth-order valence-electron chi connectivity index (χ4n) is 3.36. The largest absolute Gasteiger partial charge is 0.437 e. The fourth-order valence-corrected chi connectivity index (χ4v) is 3.36. The second-order valence-electron chi connectivity index (χ2n) is 6.06. The van der Waals surface area contributed by atoms with E-state index in [0.717, 1.165) is 26.2 Å². The van der Waals surface area contributed by atoms with Gasteiger partial charge in [0.05, 0.1) is 6.20 Å². The summed E-state index contributed by atoms with van der Waals surface area (Å²) in [6.45, 7) is 3.71. The molecule has 0 saturated carbocycles. The first-order chi connectivity index (χ1) is 11.3. The van der Waals surface area contributed by atoms with Crippen LogP contribution in [-0.2, 0) is 0 Å². The molecule has 1 N–H and O–H groups in total. The second kappa shape index (κ2) is 8.47. The number of aromatic nitrogens is 2. The van der Waals surface area contributed by atoms with Crippen LogP contribution < -0.4 is 10.1 Å². The Morgan fingerprint density at radius 1 is 1.16 bits per heavy atom. The highest BCUT2D eigenvalue weighted by atomic mass is 35.5. The molecule has 2 aliphatic heterocycles. The zero-order valence-electron chi connectivity index (χ0n) is 13.5. The average molecular weight is 383 g/mol. The number of benzene rings is 1. The van der Waals surface area contributed by atoms with Gasteiger partial charge in [0.2, 0.25) is 5.88 Å². The molecule has 0 spiro atoms. The van der Waals surface area contributed by atoms with E-state index in [0.29, 0.717) is 29.0 Å². The van der Waals surface area contributed by atoms with Gasteiger partial charge in [0.25, 0.3) is 5.91 Å². The molecule has 2 aromatic rings. The van der Waals surface area contributed by atoms with Crippen LogP contribution in [0.15, 0.2) is 42.9 Å². The lowest BCUT2D eigenvalue weighted by atomic mass is 10.0. The van der Waals surface area contributed by atoms with Crippen molar-refractivity contribution in [2.45, 2.75) is 0 Å². The van der Waals surface area contributed by atoms with Crippen LogP contribution in [0, 0.1) is 11.8 Å². The Labute approximate surface area is 158 Å². The maximum absolute atomic E-state index is 12.7. The molecule has 2 aliphatic rings. The molecule has 0 radical (unpaired) electrons. The lowest BCUT2D eigenvalue weighted by molar-refractivity contribution is 0.0781. The van der Waals surface area contributed by atoms with E-state index in [1.54, 1.807) is 24.7 Å². The SMILES string of the molecule is Cl.Cl.O=C(c1cccc(Oc2cnccn2)c1)N1C[C@H]2CNC[C@H]2C1. The van der Waals surface area contributed by atoms with Crippen LogP contribution in [0.2, 0.25) is 0 Å². The predicted octanol–water partition coefficient (Wildman–Crippen LogP) is 2.40. The average Bonchev–Trinajstić information content (AvgIpc) is 3.17. The molecule has 2 atom stereocenters. The molecular weight excluding hydrogens is 363 g/mol. The first kappa shape index (κ1) is 19.4. The van der Waals surface area contributed by atoms with Crippen LogP contribution in [0.3, 0.4) is 0 Å². The number of halogens is 2. The minimum Gasteiger partial charge on any atom is -0.437 e. The Kier molecular flexibility index (Phi) is 6.58. The van der Waals surface area contributed by atoms with Crippen LogP contribution >= 0.6 is 24.8 Å². The Balaban J connectivity index is 0.00000113. The van der Waals surface area contributed by atoms with Crippen LogP contribution in [0.1, 0.15) is 10.4 Å². The van der Waals surface area contributed by atoms with Gasteiger partial charge in [0, 0.05) is 44.1 Å². The Morgan fingerprint density at radius 2 is 1.92 bits per heavy atom. The van der Waals surface area contributed by atoms with Gasteiger partial charge in [-0.1, -0.05) is 6.07 Å². The van der Waals surface area contributed by atoms with Crippen molar-refractivity contribution in [1.29, 1.82) is 0 Å². The third-order valence-corrected chi connectivity index (χ3v) is 4.52. The van der Waals surface area contributed by atoms with E-state index in [-0.39, 0.29) is 30.7 Å². The van der Waals surface area contributed by atoms with E-state index < -0.39 is 0 Å². The smallest absolute Gasteiger partial charge is 0.254 e. The molecule has 3 heterocycles. The van der Waals surface area contributed by atoms with E-state index in [1.807, 2.05) is 23.1 Å². The van der Waals surface area contributed by atoms with Crippen molar-refractivity contribution < 1.29 is 9.53 Å². The van der Waals surface area contributed by atoms with Gasteiger partial charge in [0.1, 0.15) is 5.75 Å². The highest BCUT2D eigenvalue weighted by Crippen LogP contribution is 2.28. The molecule has 25 heavy (non-hydrogen) atoms. The topological polar surface area (TPSA) is 67.3 Å². The highest BCUT2D eigenvalue weighted by molar-refractivity contribution is 5.94. The van der Waals surface area contributed by atoms with Gasteiger partial charge in [-0.25, -0.2) is 4.98 Å². The summed E-state index contributed by atoms with van der Waals surface area (Å²) >= 11 is 0. The number of nitrogens with one attached hydrogen (secondary N) is 1. The highest BCUT2D eigenvalue weighted by Gasteiger charge is 2.38. The number of nitrogens with zero attached hydrogens (tertiary/aromatic N) is 3. The van der Waals surface area contributed by atoms with E-state index in [9.17, 15) is 4.79 Å². The van der Waals surface area contributed by atoms with Crippen molar-refractivity contribution in [3.8, 4) is 11.6 Å². The minimum absolute atomic E-state index is 0. The maximum atomic E-state index is 12.7. The molecule has 0 aliphatic carbocycles. The molecule has 0 unspecified atom stereocenters. The minimum atomic E-state index is 0. The Morgan fingerprint density at radius 3 is 2.60 bits per heavy atom. The molecule has 1 amide bonds. The summed E-state index contributed by atoms with van der Waals surface area (Å²) in [6.07, 6.45) is 4.70. The molecule has 1 aromatic carbocycles. The first-order valence-electron chi connectivity index (χ1n) is 7.83. The van der Waals surface area contributed by atoms with Gasteiger partial charge in [0.15, 0.2) is 0 Å².